The third kappa shape index (κ3) is 1.91. The van der Waals surface area contributed by atoms with Gasteiger partial charge in [-0.15, -0.1) is 0 Å². The Morgan fingerprint density at radius 1 is 0.682 bits per heavy atom. The predicted molar refractivity (Wildman–Crippen MR) is 93.3 cm³/mol. The second-order valence-corrected chi connectivity index (χ2v) is 6.67. The summed E-state index contributed by atoms with van der Waals surface area (Å²) in [7, 11) is 0. The Balaban J connectivity index is 1.91. The molecule has 108 valence electrons. The van der Waals surface area contributed by atoms with Crippen LogP contribution < -0.4 is 0 Å². The smallest absolute Gasteiger partial charge is 0.0158 e. The maximum atomic E-state index is 2.34. The van der Waals surface area contributed by atoms with Crippen LogP contribution in [0.5, 0.6) is 0 Å². The molecule has 0 amide bonds. The van der Waals surface area contributed by atoms with E-state index in [9.17, 15) is 0 Å². The molecular formula is C22H20. The number of fused-ring (bicyclic) bond motifs is 3. The Kier molecular flexibility index (Phi) is 2.94. The molecule has 0 aliphatic heterocycles. The van der Waals surface area contributed by atoms with Crippen LogP contribution in [0, 0.1) is 0 Å². The van der Waals surface area contributed by atoms with Crippen molar-refractivity contribution in [3.8, 4) is 11.1 Å². The summed E-state index contributed by atoms with van der Waals surface area (Å²) in [6.45, 7) is 4.67. The first-order valence-electron chi connectivity index (χ1n) is 7.94. The van der Waals surface area contributed by atoms with Crippen molar-refractivity contribution < 1.29 is 0 Å². The molecule has 0 spiro atoms. The van der Waals surface area contributed by atoms with Crippen LogP contribution in [-0.2, 0) is 11.8 Å². The Morgan fingerprint density at radius 2 is 1.36 bits per heavy atom. The molecule has 0 N–H and O–H groups in total. The fourth-order valence-corrected chi connectivity index (χ4v) is 3.79. The minimum absolute atomic E-state index is 0.0959. The van der Waals surface area contributed by atoms with E-state index in [1.165, 1.54) is 33.4 Å². The molecule has 0 nitrogen and oxygen atoms in total. The second-order valence-electron chi connectivity index (χ2n) is 6.67. The molecule has 0 aromatic heterocycles. The average molecular weight is 284 g/mol. The van der Waals surface area contributed by atoms with E-state index in [-0.39, 0.29) is 5.41 Å². The highest BCUT2D eigenvalue weighted by Gasteiger charge is 2.35. The molecule has 0 atom stereocenters. The first kappa shape index (κ1) is 13.3. The summed E-state index contributed by atoms with van der Waals surface area (Å²) >= 11 is 0. The quantitative estimate of drug-likeness (QED) is 0.576. The average Bonchev–Trinajstić information content (AvgIpc) is 2.78. The van der Waals surface area contributed by atoms with E-state index in [0.717, 1.165) is 6.42 Å². The van der Waals surface area contributed by atoms with Crippen molar-refractivity contribution >= 4 is 0 Å². The van der Waals surface area contributed by atoms with E-state index in [2.05, 4.69) is 86.6 Å². The van der Waals surface area contributed by atoms with Crippen LogP contribution in [0.2, 0.25) is 0 Å². The summed E-state index contributed by atoms with van der Waals surface area (Å²) in [6, 6.07) is 26.4. The third-order valence-electron chi connectivity index (χ3n) is 4.93. The standard InChI is InChI=1S/C22H20/c1-22(2)19-13-7-6-12-18(19)21-17(11-8-14-20(21)22)15-16-9-4-3-5-10-16/h3-14H,15H2,1-2H3. The highest BCUT2D eigenvalue weighted by molar-refractivity contribution is 5.83. The molecule has 0 radical (unpaired) electrons. The lowest BCUT2D eigenvalue weighted by Crippen LogP contribution is -2.14. The molecule has 4 rings (SSSR count). The van der Waals surface area contributed by atoms with Crippen LogP contribution in [0.25, 0.3) is 11.1 Å². The lowest BCUT2D eigenvalue weighted by Gasteiger charge is -2.21. The number of hydrogen-bond donors (Lipinski definition) is 0. The zero-order chi connectivity index (χ0) is 15.2. The van der Waals surface area contributed by atoms with E-state index < -0.39 is 0 Å². The summed E-state index contributed by atoms with van der Waals surface area (Å²) in [4.78, 5) is 0. The van der Waals surface area contributed by atoms with Crippen LogP contribution >= 0.6 is 0 Å². The maximum Gasteiger partial charge on any atom is 0.0158 e. The fourth-order valence-electron chi connectivity index (χ4n) is 3.79. The molecule has 0 unspecified atom stereocenters. The minimum Gasteiger partial charge on any atom is -0.0622 e. The van der Waals surface area contributed by atoms with Gasteiger partial charge in [-0.2, -0.15) is 0 Å². The Labute approximate surface area is 132 Å². The number of benzene rings is 3. The van der Waals surface area contributed by atoms with Gasteiger partial charge in [-0.1, -0.05) is 86.6 Å². The summed E-state index contributed by atoms with van der Waals surface area (Å²) in [6.07, 6.45) is 0.994. The zero-order valence-electron chi connectivity index (χ0n) is 13.1. The van der Waals surface area contributed by atoms with Gasteiger partial charge in [0.25, 0.3) is 0 Å². The van der Waals surface area contributed by atoms with E-state index in [1.807, 2.05) is 0 Å². The van der Waals surface area contributed by atoms with E-state index in [4.69, 9.17) is 0 Å². The van der Waals surface area contributed by atoms with Crippen LogP contribution in [0.3, 0.4) is 0 Å². The fraction of sp³-hybridized carbons (Fsp3) is 0.182. The first-order chi connectivity index (χ1) is 10.7. The summed E-state index contributed by atoms with van der Waals surface area (Å²) in [5, 5.41) is 0. The van der Waals surface area contributed by atoms with Crippen LogP contribution in [0.1, 0.15) is 36.1 Å². The summed E-state index contributed by atoms with van der Waals surface area (Å²) in [5.41, 5.74) is 8.67. The van der Waals surface area contributed by atoms with Gasteiger partial charge in [0.05, 0.1) is 0 Å². The number of rotatable bonds is 2. The highest BCUT2D eigenvalue weighted by atomic mass is 14.4. The Morgan fingerprint density at radius 3 is 2.18 bits per heavy atom. The second kappa shape index (κ2) is 4.84. The summed E-state index contributed by atoms with van der Waals surface area (Å²) < 4.78 is 0. The summed E-state index contributed by atoms with van der Waals surface area (Å²) in [5.74, 6) is 0. The topological polar surface area (TPSA) is 0 Å². The molecule has 0 fully saturated rings. The van der Waals surface area contributed by atoms with Gasteiger partial charge in [0.1, 0.15) is 0 Å². The van der Waals surface area contributed by atoms with Gasteiger partial charge in [-0.05, 0) is 39.8 Å². The van der Waals surface area contributed by atoms with Gasteiger partial charge < -0.3 is 0 Å². The molecule has 0 bridgehead atoms. The molecule has 0 heterocycles. The van der Waals surface area contributed by atoms with Gasteiger partial charge in [-0.25, -0.2) is 0 Å². The lowest BCUT2D eigenvalue weighted by atomic mass is 9.82. The molecule has 0 saturated carbocycles. The van der Waals surface area contributed by atoms with Crippen molar-refractivity contribution in [2.24, 2.45) is 0 Å². The molecule has 3 aromatic rings. The molecule has 3 aromatic carbocycles. The predicted octanol–water partition coefficient (Wildman–Crippen LogP) is 5.58. The van der Waals surface area contributed by atoms with Gasteiger partial charge in [0, 0.05) is 5.41 Å². The highest BCUT2D eigenvalue weighted by Crippen LogP contribution is 2.49. The van der Waals surface area contributed by atoms with E-state index in [0.29, 0.717) is 0 Å². The van der Waals surface area contributed by atoms with Gasteiger partial charge in [0.15, 0.2) is 0 Å². The van der Waals surface area contributed by atoms with Gasteiger partial charge in [0.2, 0.25) is 0 Å². The Bertz CT molecular complexity index is 826. The van der Waals surface area contributed by atoms with Crippen molar-refractivity contribution in [1.29, 1.82) is 0 Å². The zero-order valence-corrected chi connectivity index (χ0v) is 13.1. The number of hydrogen-bond acceptors (Lipinski definition) is 0. The Hall–Kier alpha value is -2.34. The normalized spacial score (nSPS) is 14.5. The molecule has 1 aliphatic carbocycles. The van der Waals surface area contributed by atoms with Crippen LogP contribution in [-0.4, -0.2) is 0 Å². The van der Waals surface area contributed by atoms with Crippen LogP contribution in [0.4, 0.5) is 0 Å². The monoisotopic (exact) mass is 284 g/mol. The van der Waals surface area contributed by atoms with Gasteiger partial charge in [-0.3, -0.25) is 0 Å². The van der Waals surface area contributed by atoms with Crippen molar-refractivity contribution in [3.63, 3.8) is 0 Å². The van der Waals surface area contributed by atoms with Crippen molar-refractivity contribution in [1.82, 2.24) is 0 Å². The van der Waals surface area contributed by atoms with E-state index >= 15 is 0 Å². The molecule has 0 heteroatoms. The maximum absolute atomic E-state index is 2.34. The van der Waals surface area contributed by atoms with Crippen molar-refractivity contribution in [2.75, 3.05) is 0 Å². The molecule has 22 heavy (non-hydrogen) atoms. The first-order valence-corrected chi connectivity index (χ1v) is 7.94. The SMILES string of the molecule is CC1(C)c2ccccc2-c2c(Cc3ccccc3)cccc21. The van der Waals surface area contributed by atoms with Crippen molar-refractivity contribution in [3.05, 3.63) is 95.1 Å². The molecule has 1 aliphatic rings. The molecule has 0 saturated heterocycles. The third-order valence-corrected chi connectivity index (χ3v) is 4.93. The minimum atomic E-state index is 0.0959. The van der Waals surface area contributed by atoms with Crippen LogP contribution in [0.15, 0.2) is 72.8 Å². The lowest BCUT2D eigenvalue weighted by molar-refractivity contribution is 0.660. The molecular weight excluding hydrogens is 264 g/mol. The van der Waals surface area contributed by atoms with Gasteiger partial charge >= 0.3 is 0 Å². The largest absolute Gasteiger partial charge is 0.0622 e. The van der Waals surface area contributed by atoms with Crippen molar-refractivity contribution in [2.45, 2.75) is 25.7 Å². The van der Waals surface area contributed by atoms with E-state index in [1.54, 1.807) is 0 Å².